The fourth-order valence-corrected chi connectivity index (χ4v) is 2.98. The van der Waals surface area contributed by atoms with Crippen LogP contribution in [-0.4, -0.2) is 15.9 Å². The van der Waals surface area contributed by atoms with Crippen LogP contribution in [0.2, 0.25) is 5.15 Å². The third-order valence-electron chi connectivity index (χ3n) is 2.69. The van der Waals surface area contributed by atoms with Crippen LogP contribution in [-0.2, 0) is 6.42 Å². The molecule has 0 aromatic carbocycles. The Hall–Kier alpha value is -0.980. The van der Waals surface area contributed by atoms with Crippen LogP contribution in [0, 0.1) is 0 Å². The summed E-state index contributed by atoms with van der Waals surface area (Å²) < 4.78 is 0.710. The van der Waals surface area contributed by atoms with Gasteiger partial charge in [0.25, 0.3) is 5.91 Å². The first-order chi connectivity index (χ1) is 9.51. The second kappa shape index (κ2) is 6.65. The number of nitrogens with zero attached hydrogens (tertiary/aromatic N) is 2. The van der Waals surface area contributed by atoms with E-state index in [2.05, 4.69) is 38.1 Å². The summed E-state index contributed by atoms with van der Waals surface area (Å²) in [5.74, 6) is -0.260. The Morgan fingerprint density at radius 1 is 1.50 bits per heavy atom. The van der Waals surface area contributed by atoms with Crippen molar-refractivity contribution in [2.75, 3.05) is 0 Å². The van der Waals surface area contributed by atoms with Crippen LogP contribution in [0.15, 0.2) is 22.9 Å². The zero-order valence-electron chi connectivity index (χ0n) is 11.0. The van der Waals surface area contributed by atoms with Crippen LogP contribution in [0.4, 0.5) is 0 Å². The number of nitrogens with one attached hydrogen (secondary N) is 1. The van der Waals surface area contributed by atoms with Crippen LogP contribution in [0.3, 0.4) is 0 Å². The Morgan fingerprint density at radius 2 is 2.25 bits per heavy atom. The SMILES string of the molecule is CCc1cnc(C(C)NC(=O)c2cc(Br)cnc2Cl)s1. The molecular weight excluding hydrogens is 362 g/mol. The molecule has 7 heteroatoms. The van der Waals surface area contributed by atoms with Gasteiger partial charge >= 0.3 is 0 Å². The van der Waals surface area contributed by atoms with E-state index >= 15 is 0 Å². The smallest absolute Gasteiger partial charge is 0.255 e. The van der Waals surface area contributed by atoms with Gasteiger partial charge in [0.05, 0.1) is 11.6 Å². The average Bonchev–Trinajstić information content (AvgIpc) is 2.90. The van der Waals surface area contributed by atoms with Gasteiger partial charge in [-0.15, -0.1) is 11.3 Å². The van der Waals surface area contributed by atoms with Crippen molar-refractivity contribution >= 4 is 44.8 Å². The maximum atomic E-state index is 12.2. The van der Waals surface area contributed by atoms with Crippen LogP contribution in [0.25, 0.3) is 0 Å². The van der Waals surface area contributed by atoms with Crippen molar-refractivity contribution in [1.82, 2.24) is 15.3 Å². The Balaban J connectivity index is 2.12. The molecule has 2 rings (SSSR count). The standard InChI is InChI=1S/C13H13BrClN3OS/c1-3-9-6-17-13(20-9)7(2)18-12(19)10-4-8(14)5-16-11(10)15/h4-7H,3H2,1-2H3,(H,18,19). The summed E-state index contributed by atoms with van der Waals surface area (Å²) in [6.45, 7) is 3.98. The first-order valence-corrected chi connectivity index (χ1v) is 8.06. The van der Waals surface area contributed by atoms with E-state index in [4.69, 9.17) is 11.6 Å². The molecule has 0 spiro atoms. The Kier molecular flexibility index (Phi) is 5.12. The van der Waals surface area contributed by atoms with Crippen molar-refractivity contribution in [3.05, 3.63) is 43.5 Å². The number of rotatable bonds is 4. The summed E-state index contributed by atoms with van der Waals surface area (Å²) >= 11 is 10.8. The predicted molar refractivity (Wildman–Crippen MR) is 84.3 cm³/mol. The number of thiazole rings is 1. The van der Waals surface area contributed by atoms with Gasteiger partial charge in [0, 0.05) is 21.7 Å². The molecule has 0 fully saturated rings. The Morgan fingerprint density at radius 3 is 2.90 bits per heavy atom. The molecule has 20 heavy (non-hydrogen) atoms. The molecule has 1 atom stereocenters. The van der Waals surface area contributed by atoms with Crippen molar-refractivity contribution in [3.8, 4) is 0 Å². The second-order valence-corrected chi connectivity index (χ2v) is 6.63. The molecule has 0 aliphatic rings. The summed E-state index contributed by atoms with van der Waals surface area (Å²) in [4.78, 5) is 21.7. The van der Waals surface area contributed by atoms with Gasteiger partial charge in [0.1, 0.15) is 10.2 Å². The van der Waals surface area contributed by atoms with Crippen molar-refractivity contribution in [1.29, 1.82) is 0 Å². The number of amides is 1. The molecule has 0 aliphatic heterocycles. The maximum Gasteiger partial charge on any atom is 0.255 e. The quantitative estimate of drug-likeness (QED) is 0.823. The fourth-order valence-electron chi connectivity index (χ4n) is 1.60. The van der Waals surface area contributed by atoms with Crippen LogP contribution >= 0.6 is 38.9 Å². The zero-order chi connectivity index (χ0) is 14.7. The summed E-state index contributed by atoms with van der Waals surface area (Å²) in [5.41, 5.74) is 0.347. The monoisotopic (exact) mass is 373 g/mol. The highest BCUT2D eigenvalue weighted by Gasteiger charge is 2.17. The number of hydrogen-bond acceptors (Lipinski definition) is 4. The lowest BCUT2D eigenvalue weighted by Gasteiger charge is -2.12. The van der Waals surface area contributed by atoms with Crippen LogP contribution < -0.4 is 5.32 Å². The minimum atomic E-state index is -0.260. The Bertz CT molecular complexity index is 632. The molecule has 2 heterocycles. The highest BCUT2D eigenvalue weighted by atomic mass is 79.9. The van der Waals surface area contributed by atoms with Gasteiger partial charge in [-0.1, -0.05) is 18.5 Å². The molecule has 106 valence electrons. The number of hydrogen-bond donors (Lipinski definition) is 1. The van der Waals surface area contributed by atoms with Crippen LogP contribution in [0.1, 0.15) is 40.1 Å². The van der Waals surface area contributed by atoms with Gasteiger partial charge in [-0.2, -0.15) is 0 Å². The lowest BCUT2D eigenvalue weighted by Crippen LogP contribution is -2.27. The number of carbonyl (C=O) groups is 1. The summed E-state index contributed by atoms with van der Waals surface area (Å²) in [6.07, 6.45) is 4.34. The molecule has 1 unspecified atom stereocenters. The number of aryl methyl sites for hydroxylation is 1. The molecule has 1 amide bonds. The van der Waals surface area contributed by atoms with E-state index in [-0.39, 0.29) is 17.1 Å². The van der Waals surface area contributed by atoms with Crippen molar-refractivity contribution < 1.29 is 4.79 Å². The van der Waals surface area contributed by atoms with E-state index in [0.717, 1.165) is 11.4 Å². The predicted octanol–water partition coefficient (Wildman–Crippen LogP) is 4.01. The molecular formula is C13H13BrClN3OS. The lowest BCUT2D eigenvalue weighted by atomic mass is 10.2. The van der Waals surface area contributed by atoms with Gasteiger partial charge < -0.3 is 5.32 Å². The highest BCUT2D eigenvalue weighted by Crippen LogP contribution is 2.22. The van der Waals surface area contributed by atoms with Crippen molar-refractivity contribution in [2.24, 2.45) is 0 Å². The zero-order valence-corrected chi connectivity index (χ0v) is 14.1. The first-order valence-electron chi connectivity index (χ1n) is 6.07. The highest BCUT2D eigenvalue weighted by molar-refractivity contribution is 9.10. The number of halogens is 2. The van der Waals surface area contributed by atoms with E-state index in [1.807, 2.05) is 13.1 Å². The normalized spacial score (nSPS) is 12.2. The summed E-state index contributed by atoms with van der Waals surface area (Å²) in [7, 11) is 0. The number of aromatic nitrogens is 2. The molecule has 1 N–H and O–H groups in total. The Labute approximate surface area is 134 Å². The molecule has 4 nitrogen and oxygen atoms in total. The number of carbonyl (C=O) groups excluding carboxylic acids is 1. The van der Waals surface area contributed by atoms with Crippen molar-refractivity contribution in [2.45, 2.75) is 26.3 Å². The number of pyridine rings is 1. The van der Waals surface area contributed by atoms with E-state index < -0.39 is 0 Å². The third-order valence-corrected chi connectivity index (χ3v) is 4.75. The van der Waals surface area contributed by atoms with E-state index in [9.17, 15) is 4.79 Å². The molecule has 0 aliphatic carbocycles. The van der Waals surface area contributed by atoms with E-state index in [1.54, 1.807) is 23.6 Å². The summed E-state index contributed by atoms with van der Waals surface area (Å²) in [6, 6.07) is 1.49. The van der Waals surface area contributed by atoms with Gasteiger partial charge in [0.15, 0.2) is 0 Å². The van der Waals surface area contributed by atoms with Crippen molar-refractivity contribution in [3.63, 3.8) is 0 Å². The third kappa shape index (κ3) is 3.56. The van der Waals surface area contributed by atoms with Gasteiger partial charge in [-0.05, 0) is 35.3 Å². The molecule has 0 radical (unpaired) electrons. The topological polar surface area (TPSA) is 54.9 Å². The van der Waals surface area contributed by atoms with E-state index in [1.165, 1.54) is 4.88 Å². The maximum absolute atomic E-state index is 12.2. The van der Waals surface area contributed by atoms with Gasteiger partial charge in [0.2, 0.25) is 0 Å². The second-order valence-electron chi connectivity index (χ2n) is 4.21. The minimum absolute atomic E-state index is 0.164. The average molecular weight is 375 g/mol. The fraction of sp³-hybridized carbons (Fsp3) is 0.308. The van der Waals surface area contributed by atoms with Crippen LogP contribution in [0.5, 0.6) is 0 Å². The summed E-state index contributed by atoms with van der Waals surface area (Å²) in [5, 5.41) is 3.95. The molecule has 0 bridgehead atoms. The molecule has 0 saturated heterocycles. The lowest BCUT2D eigenvalue weighted by molar-refractivity contribution is 0.0939. The minimum Gasteiger partial charge on any atom is -0.343 e. The largest absolute Gasteiger partial charge is 0.343 e. The van der Waals surface area contributed by atoms with Gasteiger partial charge in [-0.3, -0.25) is 4.79 Å². The molecule has 0 saturated carbocycles. The molecule has 2 aromatic heterocycles. The van der Waals surface area contributed by atoms with Gasteiger partial charge in [-0.25, -0.2) is 9.97 Å². The van der Waals surface area contributed by atoms with E-state index in [0.29, 0.717) is 10.0 Å². The molecule has 2 aromatic rings. The first kappa shape index (κ1) is 15.4.